The first kappa shape index (κ1) is 20.9. The summed E-state index contributed by atoms with van der Waals surface area (Å²) >= 11 is 1.10. The minimum absolute atomic E-state index is 0.0580. The molecule has 10 nitrogen and oxygen atoms in total. The standard InChI is InChI=1S/C18H23N5O5S/c1-18(2,3)28-17(24)20-16-22-21-15(29-16)11-6-7-13(14(9-11)23(25)26)19-10-12-5-4-8-27-12/h6-7,9,12,19H,4-5,8,10H2,1-3H3,(H,20,22,24)/t12-/m0/s1. The van der Waals surface area contributed by atoms with Crippen molar-refractivity contribution in [2.24, 2.45) is 0 Å². The number of carbonyl (C=O) groups excluding carboxylic acids is 1. The van der Waals surface area contributed by atoms with Crippen molar-refractivity contribution in [3.8, 4) is 10.6 Å². The Hall–Kier alpha value is -2.79. The predicted octanol–water partition coefficient (Wildman–Crippen LogP) is 4.05. The summed E-state index contributed by atoms with van der Waals surface area (Å²) in [5, 5.41) is 25.7. The fraction of sp³-hybridized carbons (Fsp3) is 0.500. The normalized spacial score (nSPS) is 16.4. The van der Waals surface area contributed by atoms with Gasteiger partial charge < -0.3 is 14.8 Å². The summed E-state index contributed by atoms with van der Waals surface area (Å²) in [5.74, 6) is 0. The van der Waals surface area contributed by atoms with Crippen molar-refractivity contribution >= 4 is 33.9 Å². The van der Waals surface area contributed by atoms with Gasteiger partial charge in [-0.1, -0.05) is 11.3 Å². The number of nitro groups is 1. The van der Waals surface area contributed by atoms with Gasteiger partial charge in [0, 0.05) is 24.8 Å². The lowest BCUT2D eigenvalue weighted by Gasteiger charge is -2.18. The number of ether oxygens (including phenoxy) is 2. The van der Waals surface area contributed by atoms with E-state index in [2.05, 4.69) is 20.8 Å². The van der Waals surface area contributed by atoms with E-state index < -0.39 is 16.6 Å². The summed E-state index contributed by atoms with van der Waals surface area (Å²) < 4.78 is 10.7. The van der Waals surface area contributed by atoms with Crippen LogP contribution in [0.5, 0.6) is 0 Å². The maximum atomic E-state index is 11.8. The van der Waals surface area contributed by atoms with E-state index in [1.807, 2.05) is 0 Å². The van der Waals surface area contributed by atoms with Gasteiger partial charge in [0.15, 0.2) is 0 Å². The smallest absolute Gasteiger partial charge is 0.414 e. The number of nitrogens with one attached hydrogen (secondary N) is 2. The highest BCUT2D eigenvalue weighted by molar-refractivity contribution is 7.18. The maximum absolute atomic E-state index is 11.8. The van der Waals surface area contributed by atoms with Crippen LogP contribution in [0.4, 0.5) is 21.3 Å². The zero-order valence-electron chi connectivity index (χ0n) is 16.4. The van der Waals surface area contributed by atoms with Gasteiger partial charge in [-0.25, -0.2) is 4.79 Å². The number of nitro benzene ring substituents is 1. The Kier molecular flexibility index (Phi) is 6.28. The molecular weight excluding hydrogens is 398 g/mol. The van der Waals surface area contributed by atoms with Crippen molar-refractivity contribution in [3.63, 3.8) is 0 Å². The van der Waals surface area contributed by atoms with Crippen LogP contribution in [0.3, 0.4) is 0 Å². The van der Waals surface area contributed by atoms with E-state index in [1.54, 1.807) is 32.9 Å². The number of benzene rings is 1. The Labute approximate surface area is 171 Å². The number of carbonyl (C=O) groups is 1. The molecule has 1 aliphatic heterocycles. The second-order valence-corrected chi connectivity index (χ2v) is 8.52. The van der Waals surface area contributed by atoms with Crippen LogP contribution < -0.4 is 10.6 Å². The maximum Gasteiger partial charge on any atom is 0.414 e. The number of amides is 1. The molecule has 3 rings (SSSR count). The van der Waals surface area contributed by atoms with Crippen LogP contribution in [0.1, 0.15) is 33.6 Å². The van der Waals surface area contributed by atoms with Crippen LogP contribution in [0, 0.1) is 10.1 Å². The molecule has 156 valence electrons. The molecule has 1 aromatic heterocycles. The van der Waals surface area contributed by atoms with Crippen LogP contribution in [0.25, 0.3) is 10.6 Å². The van der Waals surface area contributed by atoms with Gasteiger partial charge in [-0.05, 0) is 45.7 Å². The SMILES string of the molecule is CC(C)(C)OC(=O)Nc1nnc(-c2ccc(NC[C@@H]3CCCO3)c([N+](=O)[O-])c2)s1. The van der Waals surface area contributed by atoms with Gasteiger partial charge in [-0.15, -0.1) is 10.2 Å². The number of rotatable bonds is 6. The summed E-state index contributed by atoms with van der Waals surface area (Å²) in [6.07, 6.45) is 1.38. The zero-order chi connectivity index (χ0) is 21.0. The first-order chi connectivity index (χ1) is 13.7. The largest absolute Gasteiger partial charge is 0.444 e. The topological polar surface area (TPSA) is 129 Å². The molecular formula is C18H23N5O5S. The third-order valence-corrected chi connectivity index (χ3v) is 4.91. The second-order valence-electron chi connectivity index (χ2n) is 7.54. The Morgan fingerprint density at radius 2 is 2.21 bits per heavy atom. The number of aromatic nitrogens is 2. The summed E-state index contributed by atoms with van der Waals surface area (Å²) in [7, 11) is 0. The molecule has 0 radical (unpaired) electrons. The molecule has 0 bridgehead atoms. The van der Waals surface area contributed by atoms with E-state index in [0.717, 1.165) is 30.8 Å². The van der Waals surface area contributed by atoms with Gasteiger partial charge in [0.1, 0.15) is 16.3 Å². The van der Waals surface area contributed by atoms with Gasteiger partial charge in [0.2, 0.25) is 5.13 Å². The fourth-order valence-electron chi connectivity index (χ4n) is 2.78. The molecule has 2 heterocycles. The Morgan fingerprint density at radius 3 is 2.86 bits per heavy atom. The lowest BCUT2D eigenvalue weighted by Crippen LogP contribution is -2.27. The molecule has 1 aliphatic rings. The van der Waals surface area contributed by atoms with Crippen molar-refractivity contribution in [2.75, 3.05) is 23.8 Å². The van der Waals surface area contributed by atoms with E-state index in [0.29, 0.717) is 22.8 Å². The van der Waals surface area contributed by atoms with Crippen LogP contribution >= 0.6 is 11.3 Å². The molecule has 1 fully saturated rings. The monoisotopic (exact) mass is 421 g/mol. The fourth-order valence-corrected chi connectivity index (χ4v) is 3.50. The van der Waals surface area contributed by atoms with Crippen LogP contribution in [0.2, 0.25) is 0 Å². The van der Waals surface area contributed by atoms with Crippen molar-refractivity contribution in [2.45, 2.75) is 45.3 Å². The van der Waals surface area contributed by atoms with Crippen LogP contribution in [-0.4, -0.2) is 46.1 Å². The molecule has 1 saturated heterocycles. The molecule has 0 unspecified atom stereocenters. The summed E-state index contributed by atoms with van der Waals surface area (Å²) in [6, 6.07) is 4.81. The zero-order valence-corrected chi connectivity index (χ0v) is 17.2. The summed E-state index contributed by atoms with van der Waals surface area (Å²) in [6.45, 7) is 6.51. The highest BCUT2D eigenvalue weighted by Gasteiger charge is 2.21. The molecule has 0 aliphatic carbocycles. The Balaban J connectivity index is 1.72. The quantitative estimate of drug-likeness (QED) is 0.528. The van der Waals surface area contributed by atoms with E-state index in [4.69, 9.17) is 9.47 Å². The summed E-state index contributed by atoms with van der Waals surface area (Å²) in [5.41, 5.74) is 0.266. The molecule has 11 heteroatoms. The Morgan fingerprint density at radius 1 is 1.41 bits per heavy atom. The van der Waals surface area contributed by atoms with Crippen molar-refractivity contribution < 1.29 is 19.2 Å². The Bertz CT molecular complexity index is 889. The highest BCUT2D eigenvalue weighted by Crippen LogP contribution is 2.33. The third-order valence-electron chi connectivity index (χ3n) is 4.02. The van der Waals surface area contributed by atoms with Gasteiger partial charge >= 0.3 is 6.09 Å². The molecule has 2 N–H and O–H groups in total. The highest BCUT2D eigenvalue weighted by atomic mass is 32.1. The first-order valence-electron chi connectivity index (χ1n) is 9.19. The van der Waals surface area contributed by atoms with Gasteiger partial charge in [0.05, 0.1) is 11.0 Å². The number of hydrogen-bond acceptors (Lipinski definition) is 9. The molecule has 2 aromatic rings. The van der Waals surface area contributed by atoms with E-state index >= 15 is 0 Å². The van der Waals surface area contributed by atoms with Gasteiger partial charge in [-0.3, -0.25) is 15.4 Å². The molecule has 1 atom stereocenters. The molecule has 1 amide bonds. The average molecular weight is 421 g/mol. The average Bonchev–Trinajstić information content (AvgIpc) is 3.30. The lowest BCUT2D eigenvalue weighted by atomic mass is 10.1. The van der Waals surface area contributed by atoms with Crippen molar-refractivity contribution in [3.05, 3.63) is 28.3 Å². The van der Waals surface area contributed by atoms with Crippen molar-refractivity contribution in [1.29, 1.82) is 0 Å². The van der Waals surface area contributed by atoms with Crippen LogP contribution in [0.15, 0.2) is 18.2 Å². The third kappa shape index (κ3) is 5.84. The van der Waals surface area contributed by atoms with Crippen molar-refractivity contribution in [1.82, 2.24) is 10.2 Å². The van der Waals surface area contributed by atoms with Gasteiger partial charge in [0.25, 0.3) is 5.69 Å². The summed E-state index contributed by atoms with van der Waals surface area (Å²) in [4.78, 5) is 22.9. The van der Waals surface area contributed by atoms with E-state index in [1.165, 1.54) is 6.07 Å². The molecule has 0 spiro atoms. The molecule has 29 heavy (non-hydrogen) atoms. The van der Waals surface area contributed by atoms with Crippen LogP contribution in [-0.2, 0) is 9.47 Å². The minimum atomic E-state index is -0.639. The van der Waals surface area contributed by atoms with Gasteiger partial charge in [-0.2, -0.15) is 0 Å². The van der Waals surface area contributed by atoms with E-state index in [-0.39, 0.29) is 16.9 Å². The predicted molar refractivity (Wildman–Crippen MR) is 109 cm³/mol. The number of anilines is 2. The molecule has 1 aromatic carbocycles. The number of hydrogen-bond donors (Lipinski definition) is 2. The number of nitrogens with zero attached hydrogens (tertiary/aromatic N) is 3. The second kappa shape index (κ2) is 8.70. The van der Waals surface area contributed by atoms with E-state index in [9.17, 15) is 14.9 Å². The molecule has 0 saturated carbocycles. The lowest BCUT2D eigenvalue weighted by molar-refractivity contribution is -0.383. The first-order valence-corrected chi connectivity index (χ1v) is 10.0. The minimum Gasteiger partial charge on any atom is -0.444 e.